The highest BCUT2D eigenvalue weighted by molar-refractivity contribution is 6.33. The zero-order valence-corrected chi connectivity index (χ0v) is 17.1. The molecule has 0 bridgehead atoms. The maximum absolute atomic E-state index is 13.2. The minimum atomic E-state index is -0.986. The molecule has 0 aliphatic heterocycles. The summed E-state index contributed by atoms with van der Waals surface area (Å²) in [5.41, 5.74) is 0. The van der Waals surface area contributed by atoms with E-state index in [-0.39, 0.29) is 27.2 Å². The molecule has 0 aromatic heterocycles. The van der Waals surface area contributed by atoms with E-state index in [1.54, 1.807) is 0 Å². The Morgan fingerprint density at radius 2 is 1.62 bits per heavy atom. The van der Waals surface area contributed by atoms with E-state index in [0.717, 1.165) is 55.6 Å². The number of esters is 1. The van der Waals surface area contributed by atoms with Crippen LogP contribution in [-0.2, 0) is 4.79 Å². The van der Waals surface area contributed by atoms with Gasteiger partial charge in [0, 0.05) is 15.6 Å². The number of rotatable bonds is 5. The summed E-state index contributed by atoms with van der Waals surface area (Å²) in [7, 11) is 0.187. The molecule has 3 rings (SSSR count). The Morgan fingerprint density at radius 1 is 1.00 bits per heavy atom. The monoisotopic (exact) mass is 380 g/mol. The first-order valence-corrected chi connectivity index (χ1v) is 12.6. The average molecular weight is 381 g/mol. The molecular formula is C21H30F2O2Si. The summed E-state index contributed by atoms with van der Waals surface area (Å²) in [5, 5.41) is 0. The molecule has 2 aliphatic carbocycles. The molecule has 0 spiro atoms. The number of carbonyl (C=O) groups excluding carboxylic acids is 1. The van der Waals surface area contributed by atoms with E-state index in [0.29, 0.717) is 0 Å². The molecule has 0 unspecified atom stereocenters. The van der Waals surface area contributed by atoms with Gasteiger partial charge in [-0.15, -0.1) is 0 Å². The van der Waals surface area contributed by atoms with Gasteiger partial charge in [-0.1, -0.05) is 25.4 Å². The van der Waals surface area contributed by atoms with Crippen molar-refractivity contribution < 1.29 is 18.3 Å². The maximum Gasteiger partial charge on any atom is 0.314 e. The second-order valence-corrected chi connectivity index (χ2v) is 9.76. The van der Waals surface area contributed by atoms with Gasteiger partial charge in [-0.2, -0.15) is 0 Å². The van der Waals surface area contributed by atoms with Gasteiger partial charge in [0.05, 0.1) is 5.92 Å². The average Bonchev–Trinajstić information content (AvgIpc) is 2.66. The molecule has 1 aromatic carbocycles. The van der Waals surface area contributed by atoms with E-state index in [4.69, 9.17) is 4.74 Å². The number of hydrogen-bond donors (Lipinski definition) is 0. The van der Waals surface area contributed by atoms with Crippen LogP contribution in [0.25, 0.3) is 0 Å². The van der Waals surface area contributed by atoms with Crippen molar-refractivity contribution in [3.05, 3.63) is 29.8 Å². The Kier molecular flexibility index (Phi) is 6.84. The molecular weight excluding hydrogens is 350 g/mol. The molecule has 1 aromatic rings. The number of hydrogen-bond acceptors (Lipinski definition) is 2. The van der Waals surface area contributed by atoms with Crippen LogP contribution in [0.4, 0.5) is 8.78 Å². The van der Waals surface area contributed by atoms with Gasteiger partial charge in [0.15, 0.2) is 11.6 Å². The fourth-order valence-electron chi connectivity index (χ4n) is 4.92. The SMILES string of the molecule is C[SiH2]C[C@H]1CC[C@H]([C@H]2CC[C@H](C(=O)Oc3ccc(F)c(F)c3)CC2)CC1. The number of halogens is 2. The van der Waals surface area contributed by atoms with Gasteiger partial charge >= 0.3 is 5.97 Å². The molecule has 26 heavy (non-hydrogen) atoms. The van der Waals surface area contributed by atoms with E-state index in [9.17, 15) is 13.6 Å². The molecule has 2 fully saturated rings. The maximum atomic E-state index is 13.2. The van der Waals surface area contributed by atoms with Gasteiger partial charge in [0.1, 0.15) is 5.75 Å². The fraction of sp³-hybridized carbons (Fsp3) is 0.667. The largest absolute Gasteiger partial charge is 0.426 e. The van der Waals surface area contributed by atoms with E-state index in [1.807, 2.05) is 0 Å². The van der Waals surface area contributed by atoms with E-state index in [2.05, 4.69) is 6.55 Å². The molecule has 2 nitrogen and oxygen atoms in total. The lowest BCUT2D eigenvalue weighted by Gasteiger charge is -2.37. The number of carbonyl (C=O) groups is 1. The van der Waals surface area contributed by atoms with Crippen LogP contribution in [0, 0.1) is 35.3 Å². The third-order valence-electron chi connectivity index (χ3n) is 6.47. The molecule has 0 N–H and O–H groups in total. The van der Waals surface area contributed by atoms with Gasteiger partial charge < -0.3 is 4.74 Å². The summed E-state index contributed by atoms with van der Waals surface area (Å²) in [6.07, 6.45) is 9.45. The standard InChI is InChI=1S/C21H30F2O2Si/c1-26-13-14-2-4-15(5-3-14)16-6-8-17(9-7-16)21(24)25-18-10-11-19(22)20(23)12-18/h10-12,14-17H,2-9,13,26H2,1H3/t14-,15-,16-,17-. The number of benzene rings is 1. The van der Waals surface area contributed by atoms with Crippen LogP contribution in [-0.4, -0.2) is 15.5 Å². The van der Waals surface area contributed by atoms with Crippen molar-refractivity contribution >= 4 is 15.5 Å². The zero-order chi connectivity index (χ0) is 18.5. The van der Waals surface area contributed by atoms with Crippen LogP contribution in [0.1, 0.15) is 51.4 Å². The molecule has 5 heteroatoms. The Labute approximate surface area is 157 Å². The third-order valence-corrected chi connectivity index (χ3v) is 7.86. The highest BCUT2D eigenvalue weighted by Gasteiger charge is 2.33. The van der Waals surface area contributed by atoms with E-state index < -0.39 is 11.6 Å². The normalized spacial score (nSPS) is 29.8. The Morgan fingerprint density at radius 3 is 2.19 bits per heavy atom. The van der Waals surface area contributed by atoms with Crippen LogP contribution in [0.2, 0.25) is 12.6 Å². The first kappa shape index (κ1) is 19.5. The summed E-state index contributed by atoms with van der Waals surface area (Å²) in [5.74, 6) is 0.351. The first-order valence-electron chi connectivity index (χ1n) is 10.2. The second-order valence-electron chi connectivity index (χ2n) is 8.18. The summed E-state index contributed by atoms with van der Waals surface area (Å²) in [6.45, 7) is 2.41. The van der Waals surface area contributed by atoms with Gasteiger partial charge in [-0.25, -0.2) is 8.78 Å². The van der Waals surface area contributed by atoms with Crippen molar-refractivity contribution in [2.24, 2.45) is 23.7 Å². The second kappa shape index (κ2) is 9.11. The molecule has 0 saturated heterocycles. The molecule has 0 atom stereocenters. The highest BCUT2D eigenvalue weighted by atomic mass is 28.2. The Hall–Kier alpha value is -1.23. The fourth-order valence-corrected chi connectivity index (χ4v) is 6.32. The summed E-state index contributed by atoms with van der Waals surface area (Å²) < 4.78 is 31.5. The predicted molar refractivity (Wildman–Crippen MR) is 102 cm³/mol. The van der Waals surface area contributed by atoms with Gasteiger partial charge in [-0.05, 0) is 68.4 Å². The van der Waals surface area contributed by atoms with Crippen LogP contribution in [0.15, 0.2) is 18.2 Å². The minimum absolute atomic E-state index is 0.0915. The highest BCUT2D eigenvalue weighted by Crippen LogP contribution is 2.42. The van der Waals surface area contributed by atoms with Gasteiger partial charge in [0.25, 0.3) is 0 Å². The van der Waals surface area contributed by atoms with Gasteiger partial charge in [0.2, 0.25) is 0 Å². The van der Waals surface area contributed by atoms with Crippen LogP contribution in [0.5, 0.6) is 5.75 Å². The molecule has 0 amide bonds. The molecule has 0 heterocycles. The topological polar surface area (TPSA) is 26.3 Å². The van der Waals surface area contributed by atoms with Crippen LogP contribution in [0.3, 0.4) is 0 Å². The smallest absolute Gasteiger partial charge is 0.314 e. The minimum Gasteiger partial charge on any atom is -0.426 e. The van der Waals surface area contributed by atoms with E-state index in [1.165, 1.54) is 37.8 Å². The van der Waals surface area contributed by atoms with Crippen LogP contribution >= 0.6 is 0 Å². The lowest BCUT2D eigenvalue weighted by molar-refractivity contribution is -0.140. The van der Waals surface area contributed by atoms with Crippen molar-refractivity contribution in [2.75, 3.05) is 0 Å². The lowest BCUT2D eigenvalue weighted by atomic mass is 9.69. The third kappa shape index (κ3) is 4.93. The van der Waals surface area contributed by atoms with Crippen molar-refractivity contribution in [1.29, 1.82) is 0 Å². The first-order chi connectivity index (χ1) is 12.6. The van der Waals surface area contributed by atoms with E-state index >= 15 is 0 Å². The number of ether oxygens (including phenoxy) is 1. The quantitative estimate of drug-likeness (QED) is 0.403. The Balaban J connectivity index is 1.44. The van der Waals surface area contributed by atoms with Crippen molar-refractivity contribution in [3.63, 3.8) is 0 Å². The molecule has 2 aliphatic rings. The van der Waals surface area contributed by atoms with Crippen molar-refractivity contribution in [1.82, 2.24) is 0 Å². The predicted octanol–water partition coefficient (Wildman–Crippen LogP) is 5.12. The summed E-state index contributed by atoms with van der Waals surface area (Å²) in [4.78, 5) is 12.3. The molecule has 2 saturated carbocycles. The van der Waals surface area contributed by atoms with Crippen molar-refractivity contribution in [2.45, 2.75) is 64.0 Å². The summed E-state index contributed by atoms with van der Waals surface area (Å²) >= 11 is 0. The molecule has 0 radical (unpaired) electrons. The summed E-state index contributed by atoms with van der Waals surface area (Å²) in [6, 6.07) is 4.75. The van der Waals surface area contributed by atoms with Crippen molar-refractivity contribution in [3.8, 4) is 5.75 Å². The van der Waals surface area contributed by atoms with Crippen LogP contribution < -0.4 is 4.74 Å². The Bertz CT molecular complexity index is 606. The zero-order valence-electron chi connectivity index (χ0n) is 15.7. The van der Waals surface area contributed by atoms with Gasteiger partial charge in [-0.3, -0.25) is 4.79 Å². The lowest BCUT2D eigenvalue weighted by Crippen LogP contribution is -2.30. The molecule has 144 valence electrons.